The van der Waals surface area contributed by atoms with Crippen molar-refractivity contribution < 1.29 is 0 Å². The first-order valence-corrected chi connectivity index (χ1v) is 4.95. The molecule has 1 heterocycles. The lowest BCUT2D eigenvalue weighted by Crippen LogP contribution is -2.25. The van der Waals surface area contributed by atoms with Gasteiger partial charge < -0.3 is 0 Å². The summed E-state index contributed by atoms with van der Waals surface area (Å²) in [6, 6.07) is 2.06. The lowest BCUT2D eigenvalue weighted by atomic mass is 10.1. The minimum absolute atomic E-state index is 0.0334. The summed E-state index contributed by atoms with van der Waals surface area (Å²) < 4.78 is -0.0334. The zero-order valence-corrected chi connectivity index (χ0v) is 8.77. The molecule has 12 heavy (non-hydrogen) atoms. The first-order valence-electron chi connectivity index (χ1n) is 4.13. The van der Waals surface area contributed by atoms with Crippen LogP contribution in [0.2, 0.25) is 0 Å². The molecule has 3 heteroatoms. The van der Waals surface area contributed by atoms with Crippen molar-refractivity contribution in [3.8, 4) is 6.07 Å². The Balaban J connectivity index is 2.83. The molecule has 0 aromatic heterocycles. The van der Waals surface area contributed by atoms with E-state index in [0.717, 1.165) is 5.04 Å². The van der Waals surface area contributed by atoms with Crippen LogP contribution in [0.1, 0.15) is 27.7 Å². The molecule has 1 rings (SSSR count). The third kappa shape index (κ3) is 1.64. The summed E-state index contributed by atoms with van der Waals surface area (Å²) in [5, 5.41) is 9.95. The quantitative estimate of drug-likeness (QED) is 0.624. The summed E-state index contributed by atoms with van der Waals surface area (Å²) in [6.45, 7) is 8.37. The van der Waals surface area contributed by atoms with E-state index in [4.69, 9.17) is 5.26 Å². The Morgan fingerprint density at radius 2 is 2.17 bits per heavy atom. The molecular weight excluding hydrogens is 168 g/mol. The fourth-order valence-electron chi connectivity index (χ4n) is 1.09. The molecule has 1 atom stereocenters. The van der Waals surface area contributed by atoms with Crippen LogP contribution in [0.3, 0.4) is 0 Å². The highest BCUT2D eigenvalue weighted by molar-refractivity contribution is 8.15. The van der Waals surface area contributed by atoms with Gasteiger partial charge in [0.25, 0.3) is 0 Å². The first kappa shape index (κ1) is 9.60. The van der Waals surface area contributed by atoms with Gasteiger partial charge in [0.05, 0.1) is 15.9 Å². The molecule has 0 aliphatic carbocycles. The van der Waals surface area contributed by atoms with E-state index in [1.54, 1.807) is 11.8 Å². The summed E-state index contributed by atoms with van der Waals surface area (Å²) in [5.41, 5.74) is 0. The summed E-state index contributed by atoms with van der Waals surface area (Å²) in [5.74, 6) is 0.452. The van der Waals surface area contributed by atoms with E-state index in [9.17, 15) is 0 Å². The summed E-state index contributed by atoms with van der Waals surface area (Å²) >= 11 is 1.74. The lowest BCUT2D eigenvalue weighted by Gasteiger charge is -2.18. The van der Waals surface area contributed by atoms with E-state index in [-0.39, 0.29) is 10.8 Å². The number of nitriles is 1. The van der Waals surface area contributed by atoms with Crippen LogP contribution in [-0.4, -0.2) is 15.8 Å². The van der Waals surface area contributed by atoms with Crippen molar-refractivity contribution >= 4 is 16.8 Å². The van der Waals surface area contributed by atoms with Gasteiger partial charge in [0.15, 0.2) is 6.04 Å². The molecule has 0 bridgehead atoms. The van der Waals surface area contributed by atoms with Crippen molar-refractivity contribution in [1.29, 1.82) is 5.26 Å². The third-order valence-corrected chi connectivity index (χ3v) is 3.43. The smallest absolute Gasteiger partial charge is 0.151 e. The van der Waals surface area contributed by atoms with E-state index in [2.05, 4.69) is 38.8 Å². The van der Waals surface area contributed by atoms with E-state index in [1.165, 1.54) is 0 Å². The number of hydrogen-bond donors (Lipinski definition) is 0. The fraction of sp³-hybridized carbons (Fsp3) is 0.778. The Morgan fingerprint density at radius 1 is 1.58 bits per heavy atom. The number of aliphatic imine (C=N–C) groups is 1. The van der Waals surface area contributed by atoms with Gasteiger partial charge in [-0.2, -0.15) is 5.26 Å². The number of rotatable bonds is 1. The zero-order chi connectivity index (χ0) is 9.35. The normalized spacial score (nSPS) is 27.0. The summed E-state index contributed by atoms with van der Waals surface area (Å²) in [7, 11) is 0. The lowest BCUT2D eigenvalue weighted by molar-refractivity contribution is 0.648. The van der Waals surface area contributed by atoms with Gasteiger partial charge in [0, 0.05) is 5.92 Å². The SMILES string of the molecule is CC(C)C1=NC(C#N)C(C)(C)S1. The maximum absolute atomic E-state index is 8.83. The predicted octanol–water partition coefficient (Wildman–Crippen LogP) is 2.46. The molecule has 0 radical (unpaired) electrons. The van der Waals surface area contributed by atoms with Crippen LogP contribution in [0.4, 0.5) is 0 Å². The van der Waals surface area contributed by atoms with Gasteiger partial charge in [0.1, 0.15) is 0 Å². The first-order chi connectivity index (χ1) is 5.47. The molecular formula is C9H14N2S. The van der Waals surface area contributed by atoms with Crippen LogP contribution < -0.4 is 0 Å². The summed E-state index contributed by atoms with van der Waals surface area (Å²) in [4.78, 5) is 4.38. The van der Waals surface area contributed by atoms with Crippen LogP contribution in [0, 0.1) is 17.2 Å². The zero-order valence-electron chi connectivity index (χ0n) is 7.96. The van der Waals surface area contributed by atoms with Crippen LogP contribution >= 0.6 is 11.8 Å². The second-order valence-corrected chi connectivity index (χ2v) is 5.53. The van der Waals surface area contributed by atoms with Gasteiger partial charge in [-0.25, -0.2) is 0 Å². The minimum atomic E-state index is -0.167. The van der Waals surface area contributed by atoms with E-state index in [0.29, 0.717) is 5.92 Å². The van der Waals surface area contributed by atoms with Crippen molar-refractivity contribution in [3.63, 3.8) is 0 Å². The second-order valence-electron chi connectivity index (χ2n) is 3.86. The highest BCUT2D eigenvalue weighted by Gasteiger charge is 2.38. The molecule has 0 amide bonds. The molecule has 0 N–H and O–H groups in total. The van der Waals surface area contributed by atoms with Crippen molar-refractivity contribution in [2.24, 2.45) is 10.9 Å². The molecule has 0 aromatic carbocycles. The van der Waals surface area contributed by atoms with Crippen molar-refractivity contribution in [2.45, 2.75) is 38.5 Å². The molecule has 0 fully saturated rings. The molecule has 1 aliphatic rings. The molecule has 1 aliphatic heterocycles. The minimum Gasteiger partial charge on any atom is -0.263 e. The molecule has 66 valence electrons. The van der Waals surface area contributed by atoms with Crippen molar-refractivity contribution in [1.82, 2.24) is 0 Å². The Labute approximate surface area is 78.1 Å². The molecule has 0 saturated heterocycles. The number of nitrogens with zero attached hydrogens (tertiary/aromatic N) is 2. The van der Waals surface area contributed by atoms with Gasteiger partial charge >= 0.3 is 0 Å². The number of hydrogen-bond acceptors (Lipinski definition) is 3. The van der Waals surface area contributed by atoms with Crippen LogP contribution in [-0.2, 0) is 0 Å². The molecule has 1 unspecified atom stereocenters. The van der Waals surface area contributed by atoms with Gasteiger partial charge in [-0.15, -0.1) is 11.8 Å². The maximum atomic E-state index is 8.83. The standard InChI is InChI=1S/C9H14N2S/c1-6(2)8-11-7(5-10)9(3,4)12-8/h6-7H,1-4H3. The molecule has 0 spiro atoms. The largest absolute Gasteiger partial charge is 0.263 e. The number of thioether (sulfide) groups is 1. The average Bonchev–Trinajstić information content (AvgIpc) is 2.25. The highest BCUT2D eigenvalue weighted by atomic mass is 32.2. The Morgan fingerprint density at radius 3 is 2.42 bits per heavy atom. The monoisotopic (exact) mass is 182 g/mol. The highest BCUT2D eigenvalue weighted by Crippen LogP contribution is 2.39. The predicted molar refractivity (Wildman–Crippen MR) is 53.3 cm³/mol. The fourth-order valence-corrected chi connectivity index (χ4v) is 2.24. The van der Waals surface area contributed by atoms with Gasteiger partial charge in [-0.3, -0.25) is 4.99 Å². The van der Waals surface area contributed by atoms with Crippen molar-refractivity contribution in [3.05, 3.63) is 0 Å². The third-order valence-electron chi connectivity index (χ3n) is 1.90. The average molecular weight is 182 g/mol. The van der Waals surface area contributed by atoms with Crippen LogP contribution in [0.15, 0.2) is 4.99 Å². The van der Waals surface area contributed by atoms with E-state index >= 15 is 0 Å². The Bertz CT molecular complexity index is 248. The molecule has 0 saturated carbocycles. The molecule has 0 aromatic rings. The van der Waals surface area contributed by atoms with E-state index < -0.39 is 0 Å². The van der Waals surface area contributed by atoms with Crippen LogP contribution in [0.25, 0.3) is 0 Å². The maximum Gasteiger partial charge on any atom is 0.151 e. The topological polar surface area (TPSA) is 36.1 Å². The van der Waals surface area contributed by atoms with Gasteiger partial charge in [-0.05, 0) is 13.8 Å². The van der Waals surface area contributed by atoms with Crippen molar-refractivity contribution in [2.75, 3.05) is 0 Å². The van der Waals surface area contributed by atoms with Gasteiger partial charge in [-0.1, -0.05) is 13.8 Å². The van der Waals surface area contributed by atoms with Crippen LogP contribution in [0.5, 0.6) is 0 Å². The Kier molecular flexibility index (Phi) is 2.48. The van der Waals surface area contributed by atoms with Gasteiger partial charge in [0.2, 0.25) is 0 Å². The van der Waals surface area contributed by atoms with E-state index in [1.807, 2.05) is 0 Å². The summed E-state index contributed by atoms with van der Waals surface area (Å²) in [6.07, 6.45) is 0. The second kappa shape index (κ2) is 3.10. The molecule has 2 nitrogen and oxygen atoms in total. The Hall–Kier alpha value is -0.490.